The molecule has 0 saturated carbocycles. The monoisotopic (exact) mass is 500 g/mol. The lowest BCUT2D eigenvalue weighted by Gasteiger charge is -2.21. The summed E-state index contributed by atoms with van der Waals surface area (Å²) >= 11 is 0. The van der Waals surface area contributed by atoms with E-state index in [2.05, 4.69) is 4.98 Å². The molecule has 0 atom stereocenters. The van der Waals surface area contributed by atoms with Crippen molar-refractivity contribution in [2.45, 2.75) is 33.2 Å². The Morgan fingerprint density at radius 1 is 0.919 bits per heavy atom. The summed E-state index contributed by atoms with van der Waals surface area (Å²) in [7, 11) is 1.60. The van der Waals surface area contributed by atoms with Gasteiger partial charge in [-0.3, -0.25) is 0 Å². The number of hydrogen-bond acceptors (Lipinski definition) is 6. The number of amides is 1. The number of aromatic nitrogens is 1. The number of oxazole rings is 1. The number of hydrogen-bond donors (Lipinski definition) is 0. The van der Waals surface area contributed by atoms with E-state index in [1.807, 2.05) is 68.4 Å². The normalized spacial score (nSPS) is 10.7. The number of nitrogens with zero attached hydrogens (tertiary/aromatic N) is 2. The quantitative estimate of drug-likeness (QED) is 0.228. The predicted molar refractivity (Wildman–Crippen MR) is 142 cm³/mol. The topological polar surface area (TPSA) is 74.0 Å². The highest BCUT2D eigenvalue weighted by Crippen LogP contribution is 2.22. The SMILES string of the molecule is CCCN(Cc1ccc(OCCc2nc(-c3ccccc3)oc2C)cc1)C(=O)Oc1ccc(OC)cc1. The zero-order valence-electron chi connectivity index (χ0n) is 21.5. The van der Waals surface area contributed by atoms with Crippen LogP contribution in [-0.4, -0.2) is 36.2 Å². The van der Waals surface area contributed by atoms with Gasteiger partial charge in [-0.2, -0.15) is 0 Å². The van der Waals surface area contributed by atoms with E-state index in [0.717, 1.165) is 34.8 Å². The number of carbonyl (C=O) groups excluding carboxylic acids is 1. The van der Waals surface area contributed by atoms with Gasteiger partial charge >= 0.3 is 6.09 Å². The molecule has 1 amide bonds. The fourth-order valence-electron chi connectivity index (χ4n) is 3.86. The number of carbonyl (C=O) groups is 1. The highest BCUT2D eigenvalue weighted by atomic mass is 16.6. The molecule has 0 N–H and O–H groups in total. The van der Waals surface area contributed by atoms with E-state index < -0.39 is 0 Å². The smallest absolute Gasteiger partial charge is 0.415 e. The van der Waals surface area contributed by atoms with Crippen LogP contribution < -0.4 is 14.2 Å². The summed E-state index contributed by atoms with van der Waals surface area (Å²) in [6.45, 7) is 5.48. The summed E-state index contributed by atoms with van der Waals surface area (Å²) in [5, 5.41) is 0. The van der Waals surface area contributed by atoms with Crippen molar-refractivity contribution in [3.05, 3.63) is 95.9 Å². The Bertz CT molecular complexity index is 1270. The number of aryl methyl sites for hydroxylation is 1. The molecule has 7 heteroatoms. The first kappa shape index (κ1) is 25.8. The molecule has 0 spiro atoms. The molecule has 4 rings (SSSR count). The second-order valence-corrected chi connectivity index (χ2v) is 8.60. The molecule has 37 heavy (non-hydrogen) atoms. The summed E-state index contributed by atoms with van der Waals surface area (Å²) in [5.74, 6) is 3.38. The van der Waals surface area contributed by atoms with Gasteiger partial charge in [0, 0.05) is 25.1 Å². The molecule has 0 fully saturated rings. The van der Waals surface area contributed by atoms with Gasteiger partial charge in [-0.25, -0.2) is 9.78 Å². The van der Waals surface area contributed by atoms with Gasteiger partial charge in [-0.15, -0.1) is 0 Å². The second-order valence-electron chi connectivity index (χ2n) is 8.60. The molecular formula is C30H32N2O5. The third kappa shape index (κ3) is 7.13. The van der Waals surface area contributed by atoms with Crippen LogP contribution in [0.1, 0.15) is 30.4 Å². The van der Waals surface area contributed by atoms with Crippen LogP contribution in [0.4, 0.5) is 4.79 Å². The molecule has 1 heterocycles. The van der Waals surface area contributed by atoms with E-state index in [-0.39, 0.29) is 6.09 Å². The highest BCUT2D eigenvalue weighted by molar-refractivity contribution is 5.70. The molecule has 7 nitrogen and oxygen atoms in total. The molecule has 0 unspecified atom stereocenters. The maximum absolute atomic E-state index is 12.8. The average Bonchev–Trinajstić information content (AvgIpc) is 3.30. The van der Waals surface area contributed by atoms with E-state index in [0.29, 0.717) is 43.5 Å². The Labute approximate surface area is 217 Å². The van der Waals surface area contributed by atoms with Gasteiger partial charge in [-0.1, -0.05) is 37.3 Å². The lowest BCUT2D eigenvalue weighted by Crippen LogP contribution is -2.33. The van der Waals surface area contributed by atoms with Gasteiger partial charge < -0.3 is 23.5 Å². The molecule has 192 valence electrons. The third-order valence-corrected chi connectivity index (χ3v) is 5.83. The van der Waals surface area contributed by atoms with Gasteiger partial charge in [0.1, 0.15) is 23.0 Å². The van der Waals surface area contributed by atoms with Gasteiger partial charge in [0.05, 0.1) is 19.4 Å². The Hall–Kier alpha value is -4.26. The molecular weight excluding hydrogens is 468 g/mol. The van der Waals surface area contributed by atoms with E-state index in [1.165, 1.54) is 0 Å². The zero-order chi connectivity index (χ0) is 26.0. The van der Waals surface area contributed by atoms with Crippen molar-refractivity contribution >= 4 is 6.09 Å². The fourth-order valence-corrected chi connectivity index (χ4v) is 3.86. The van der Waals surface area contributed by atoms with Crippen molar-refractivity contribution in [2.75, 3.05) is 20.3 Å². The summed E-state index contributed by atoms with van der Waals surface area (Å²) in [6, 6.07) is 24.6. The second kappa shape index (κ2) is 12.6. The van der Waals surface area contributed by atoms with Gasteiger partial charge in [-0.05, 0) is 67.4 Å². The first-order chi connectivity index (χ1) is 18.1. The van der Waals surface area contributed by atoms with Crippen molar-refractivity contribution in [3.8, 4) is 28.7 Å². The number of rotatable bonds is 11. The van der Waals surface area contributed by atoms with Crippen LogP contribution in [-0.2, 0) is 13.0 Å². The average molecular weight is 501 g/mol. The Kier molecular flexibility index (Phi) is 8.81. The minimum Gasteiger partial charge on any atom is -0.497 e. The highest BCUT2D eigenvalue weighted by Gasteiger charge is 2.16. The van der Waals surface area contributed by atoms with Crippen LogP contribution in [0.25, 0.3) is 11.5 Å². The molecule has 0 bridgehead atoms. The van der Waals surface area contributed by atoms with Crippen LogP contribution >= 0.6 is 0 Å². The molecule has 1 aromatic heterocycles. The molecule has 3 aromatic carbocycles. The summed E-state index contributed by atoms with van der Waals surface area (Å²) in [6.07, 6.45) is 1.09. The van der Waals surface area contributed by atoms with Crippen molar-refractivity contribution < 1.29 is 23.4 Å². The Morgan fingerprint density at radius 3 is 2.27 bits per heavy atom. The molecule has 0 radical (unpaired) electrons. The van der Waals surface area contributed by atoms with Crippen LogP contribution in [0.3, 0.4) is 0 Å². The van der Waals surface area contributed by atoms with E-state index in [1.54, 1.807) is 36.3 Å². The first-order valence-electron chi connectivity index (χ1n) is 12.4. The summed E-state index contributed by atoms with van der Waals surface area (Å²) < 4.78 is 22.5. The largest absolute Gasteiger partial charge is 0.497 e. The number of benzene rings is 3. The molecule has 0 saturated heterocycles. The lowest BCUT2D eigenvalue weighted by atomic mass is 10.2. The molecule has 4 aromatic rings. The Morgan fingerprint density at radius 2 is 1.59 bits per heavy atom. The van der Waals surface area contributed by atoms with E-state index in [9.17, 15) is 4.79 Å². The maximum Gasteiger partial charge on any atom is 0.415 e. The fraction of sp³-hybridized carbons (Fsp3) is 0.267. The number of ether oxygens (including phenoxy) is 3. The van der Waals surface area contributed by atoms with Crippen LogP contribution in [0.5, 0.6) is 17.2 Å². The zero-order valence-corrected chi connectivity index (χ0v) is 21.5. The minimum absolute atomic E-state index is 0.384. The standard InChI is InChI=1S/C30H32N2O5/c1-4-19-32(30(33)37-27-16-14-25(34-3)15-17-27)21-23-10-12-26(13-11-23)35-20-18-28-22(2)36-29(31-28)24-8-6-5-7-9-24/h5-17H,4,18-21H2,1-3H3. The van der Waals surface area contributed by atoms with Crippen LogP contribution in [0.15, 0.2) is 83.3 Å². The molecule has 0 aliphatic rings. The lowest BCUT2D eigenvalue weighted by molar-refractivity contribution is 0.149. The minimum atomic E-state index is -0.384. The molecule has 0 aliphatic heterocycles. The summed E-state index contributed by atoms with van der Waals surface area (Å²) in [4.78, 5) is 19.1. The Balaban J connectivity index is 1.29. The van der Waals surface area contributed by atoms with E-state index >= 15 is 0 Å². The van der Waals surface area contributed by atoms with Crippen molar-refractivity contribution in [3.63, 3.8) is 0 Å². The van der Waals surface area contributed by atoms with Gasteiger partial charge in [0.15, 0.2) is 0 Å². The summed E-state index contributed by atoms with van der Waals surface area (Å²) in [5.41, 5.74) is 2.84. The van der Waals surface area contributed by atoms with Crippen LogP contribution in [0.2, 0.25) is 0 Å². The number of methoxy groups -OCH3 is 1. The van der Waals surface area contributed by atoms with E-state index in [4.69, 9.17) is 18.6 Å². The third-order valence-electron chi connectivity index (χ3n) is 5.83. The van der Waals surface area contributed by atoms with Gasteiger partial charge in [0.25, 0.3) is 0 Å². The molecule has 0 aliphatic carbocycles. The van der Waals surface area contributed by atoms with Crippen molar-refractivity contribution in [2.24, 2.45) is 0 Å². The predicted octanol–water partition coefficient (Wildman–Crippen LogP) is 6.69. The van der Waals surface area contributed by atoms with Crippen molar-refractivity contribution in [1.29, 1.82) is 0 Å². The first-order valence-corrected chi connectivity index (χ1v) is 12.4. The maximum atomic E-state index is 12.8. The van der Waals surface area contributed by atoms with Crippen LogP contribution in [0, 0.1) is 6.92 Å². The van der Waals surface area contributed by atoms with Crippen molar-refractivity contribution in [1.82, 2.24) is 9.88 Å². The van der Waals surface area contributed by atoms with Gasteiger partial charge in [0.2, 0.25) is 5.89 Å².